The smallest absolute Gasteiger partial charge is 0.312 e. The summed E-state index contributed by atoms with van der Waals surface area (Å²) in [4.78, 5) is 24.0. The van der Waals surface area contributed by atoms with E-state index < -0.39 is 12.4 Å². The van der Waals surface area contributed by atoms with Crippen LogP contribution in [0.15, 0.2) is 30.3 Å². The molecule has 0 radical (unpaired) electrons. The van der Waals surface area contributed by atoms with Crippen molar-refractivity contribution in [3.8, 4) is 0 Å². The van der Waals surface area contributed by atoms with E-state index in [1.165, 1.54) is 0 Å². The minimum absolute atomic E-state index is 0.0445. The number of benzene rings is 1. The third-order valence-electron chi connectivity index (χ3n) is 3.06. The van der Waals surface area contributed by atoms with E-state index in [-0.39, 0.29) is 11.9 Å². The number of hydrogen-bond acceptors (Lipinski definition) is 2. The largest absolute Gasteiger partial charge is 0.481 e. The molecular formula is C13H15NO3. The fourth-order valence-corrected chi connectivity index (χ4v) is 2.32. The second-order valence-electron chi connectivity index (χ2n) is 4.23. The van der Waals surface area contributed by atoms with Crippen LogP contribution in [0.4, 0.5) is 0 Å². The van der Waals surface area contributed by atoms with Gasteiger partial charge in [0.25, 0.3) is 0 Å². The molecule has 4 heteroatoms. The Labute approximate surface area is 99.9 Å². The molecule has 1 unspecified atom stereocenters. The Bertz CT molecular complexity index is 416. The number of likely N-dealkylation sites (tertiary alicyclic amines) is 1. The quantitative estimate of drug-likeness (QED) is 0.810. The van der Waals surface area contributed by atoms with Crippen molar-refractivity contribution in [3.63, 3.8) is 0 Å². The molecule has 0 aromatic heterocycles. The van der Waals surface area contributed by atoms with Crippen LogP contribution in [0.5, 0.6) is 0 Å². The summed E-state index contributed by atoms with van der Waals surface area (Å²) in [5.74, 6) is -1.35. The van der Waals surface area contributed by atoms with Gasteiger partial charge in [0.1, 0.15) is 6.42 Å². The molecule has 1 fully saturated rings. The zero-order valence-electron chi connectivity index (χ0n) is 9.50. The minimum atomic E-state index is -1.06. The van der Waals surface area contributed by atoms with E-state index in [0.29, 0.717) is 6.54 Å². The van der Waals surface area contributed by atoms with Crippen molar-refractivity contribution in [2.45, 2.75) is 25.3 Å². The standard InChI is InChI=1S/C13H15NO3/c15-12(9-13(16)17)14-8-4-7-11(14)10-5-2-1-3-6-10/h1-3,5-6,11H,4,7-9H2,(H,16,17). The summed E-state index contributed by atoms with van der Waals surface area (Å²) in [6.45, 7) is 0.658. The van der Waals surface area contributed by atoms with E-state index >= 15 is 0 Å². The van der Waals surface area contributed by atoms with Crippen molar-refractivity contribution in [1.82, 2.24) is 4.90 Å². The number of carbonyl (C=O) groups excluding carboxylic acids is 1. The summed E-state index contributed by atoms with van der Waals surface area (Å²) >= 11 is 0. The van der Waals surface area contributed by atoms with Gasteiger partial charge in [-0.3, -0.25) is 9.59 Å². The summed E-state index contributed by atoms with van der Waals surface area (Å²) in [7, 11) is 0. The maximum Gasteiger partial charge on any atom is 0.312 e. The molecule has 0 bridgehead atoms. The molecule has 1 amide bonds. The van der Waals surface area contributed by atoms with Crippen molar-refractivity contribution < 1.29 is 14.7 Å². The van der Waals surface area contributed by atoms with E-state index in [0.717, 1.165) is 18.4 Å². The second-order valence-corrected chi connectivity index (χ2v) is 4.23. The van der Waals surface area contributed by atoms with Gasteiger partial charge in [-0.15, -0.1) is 0 Å². The van der Waals surface area contributed by atoms with Crippen molar-refractivity contribution in [2.75, 3.05) is 6.54 Å². The molecule has 2 rings (SSSR count). The average molecular weight is 233 g/mol. The van der Waals surface area contributed by atoms with Gasteiger partial charge in [-0.2, -0.15) is 0 Å². The van der Waals surface area contributed by atoms with Crippen LogP contribution in [-0.4, -0.2) is 28.4 Å². The van der Waals surface area contributed by atoms with Crippen molar-refractivity contribution in [2.24, 2.45) is 0 Å². The highest BCUT2D eigenvalue weighted by atomic mass is 16.4. The Hall–Kier alpha value is -1.84. The third kappa shape index (κ3) is 2.64. The predicted octanol–water partition coefficient (Wildman–Crippen LogP) is 1.82. The Morgan fingerprint density at radius 3 is 2.65 bits per heavy atom. The normalized spacial score (nSPS) is 19.3. The number of amides is 1. The van der Waals surface area contributed by atoms with Gasteiger partial charge < -0.3 is 10.0 Å². The Morgan fingerprint density at radius 1 is 1.29 bits per heavy atom. The molecule has 1 heterocycles. The third-order valence-corrected chi connectivity index (χ3v) is 3.06. The number of rotatable bonds is 3. The zero-order valence-corrected chi connectivity index (χ0v) is 9.50. The Morgan fingerprint density at radius 2 is 2.00 bits per heavy atom. The first kappa shape index (κ1) is 11.6. The highest BCUT2D eigenvalue weighted by molar-refractivity contribution is 5.93. The first-order valence-corrected chi connectivity index (χ1v) is 5.74. The van der Waals surface area contributed by atoms with Gasteiger partial charge in [-0.05, 0) is 18.4 Å². The van der Waals surface area contributed by atoms with Crippen LogP contribution in [0.2, 0.25) is 0 Å². The first-order chi connectivity index (χ1) is 8.18. The van der Waals surface area contributed by atoms with Gasteiger partial charge >= 0.3 is 5.97 Å². The van der Waals surface area contributed by atoms with E-state index in [1.807, 2.05) is 30.3 Å². The molecule has 4 nitrogen and oxygen atoms in total. The van der Waals surface area contributed by atoms with Gasteiger partial charge in [0, 0.05) is 6.54 Å². The lowest BCUT2D eigenvalue weighted by molar-refractivity contribution is -0.144. The molecule has 1 aliphatic heterocycles. The summed E-state index contributed by atoms with van der Waals surface area (Å²) in [5, 5.41) is 8.65. The number of aliphatic carboxylic acids is 1. The van der Waals surface area contributed by atoms with Crippen LogP contribution in [0.25, 0.3) is 0 Å². The molecule has 0 spiro atoms. The average Bonchev–Trinajstić information content (AvgIpc) is 2.78. The number of carboxylic acids is 1. The summed E-state index contributed by atoms with van der Waals surface area (Å²) in [6, 6.07) is 9.82. The highest BCUT2D eigenvalue weighted by Gasteiger charge is 2.30. The lowest BCUT2D eigenvalue weighted by Crippen LogP contribution is -2.31. The zero-order chi connectivity index (χ0) is 12.3. The van der Waals surface area contributed by atoms with Gasteiger partial charge in [0.15, 0.2) is 0 Å². The molecule has 0 aliphatic carbocycles. The van der Waals surface area contributed by atoms with Gasteiger partial charge in [-0.25, -0.2) is 0 Å². The van der Waals surface area contributed by atoms with Crippen LogP contribution in [0, 0.1) is 0 Å². The SMILES string of the molecule is O=C(O)CC(=O)N1CCCC1c1ccccc1. The summed E-state index contributed by atoms with van der Waals surface area (Å²) in [6.07, 6.45) is 1.43. The molecular weight excluding hydrogens is 218 g/mol. The van der Waals surface area contributed by atoms with Crippen LogP contribution >= 0.6 is 0 Å². The van der Waals surface area contributed by atoms with Crippen LogP contribution in [-0.2, 0) is 9.59 Å². The van der Waals surface area contributed by atoms with E-state index in [4.69, 9.17) is 5.11 Å². The van der Waals surface area contributed by atoms with Gasteiger partial charge in [-0.1, -0.05) is 30.3 Å². The molecule has 1 aromatic rings. The number of nitrogens with zero attached hydrogens (tertiary/aromatic N) is 1. The maximum atomic E-state index is 11.8. The van der Waals surface area contributed by atoms with Gasteiger partial charge in [0.05, 0.1) is 6.04 Å². The molecule has 17 heavy (non-hydrogen) atoms. The second kappa shape index (κ2) is 4.99. The van der Waals surface area contributed by atoms with Crippen LogP contribution in [0.3, 0.4) is 0 Å². The molecule has 1 N–H and O–H groups in total. The van der Waals surface area contributed by atoms with E-state index in [1.54, 1.807) is 4.90 Å². The van der Waals surface area contributed by atoms with Crippen molar-refractivity contribution in [1.29, 1.82) is 0 Å². The Balaban J connectivity index is 2.13. The number of hydrogen-bond donors (Lipinski definition) is 1. The summed E-state index contributed by atoms with van der Waals surface area (Å²) < 4.78 is 0. The van der Waals surface area contributed by atoms with Crippen molar-refractivity contribution >= 4 is 11.9 Å². The topological polar surface area (TPSA) is 57.6 Å². The molecule has 1 aliphatic rings. The lowest BCUT2D eigenvalue weighted by atomic mass is 10.0. The first-order valence-electron chi connectivity index (χ1n) is 5.74. The minimum Gasteiger partial charge on any atom is -0.481 e. The molecule has 0 saturated carbocycles. The number of carboxylic acid groups (broad SMARTS) is 1. The molecule has 1 saturated heterocycles. The van der Waals surface area contributed by atoms with E-state index in [2.05, 4.69) is 0 Å². The predicted molar refractivity (Wildman–Crippen MR) is 62.4 cm³/mol. The lowest BCUT2D eigenvalue weighted by Gasteiger charge is -2.24. The summed E-state index contributed by atoms with van der Waals surface area (Å²) in [5.41, 5.74) is 1.09. The highest BCUT2D eigenvalue weighted by Crippen LogP contribution is 2.31. The molecule has 1 aromatic carbocycles. The maximum absolute atomic E-state index is 11.8. The van der Waals surface area contributed by atoms with Crippen molar-refractivity contribution in [3.05, 3.63) is 35.9 Å². The fraction of sp³-hybridized carbons (Fsp3) is 0.385. The monoisotopic (exact) mass is 233 g/mol. The fourth-order valence-electron chi connectivity index (χ4n) is 2.32. The van der Waals surface area contributed by atoms with E-state index in [9.17, 15) is 9.59 Å². The molecule has 1 atom stereocenters. The van der Waals surface area contributed by atoms with Gasteiger partial charge in [0.2, 0.25) is 5.91 Å². The molecule has 90 valence electrons. The Kier molecular flexibility index (Phi) is 3.42. The van der Waals surface area contributed by atoms with Crippen LogP contribution in [0.1, 0.15) is 30.9 Å². The van der Waals surface area contributed by atoms with Crippen LogP contribution < -0.4 is 0 Å². The number of carbonyl (C=O) groups is 2.